The van der Waals surface area contributed by atoms with E-state index in [4.69, 9.17) is 18.9 Å². The lowest BCUT2D eigenvalue weighted by Gasteiger charge is -2.39. The average Bonchev–Trinajstić information content (AvgIpc) is 2.72. The predicted molar refractivity (Wildman–Crippen MR) is 113 cm³/mol. The van der Waals surface area contributed by atoms with E-state index in [9.17, 15) is 14.4 Å². The minimum absolute atomic E-state index is 0.310. The van der Waals surface area contributed by atoms with Gasteiger partial charge < -0.3 is 18.9 Å². The van der Waals surface area contributed by atoms with Crippen molar-refractivity contribution in [1.82, 2.24) is 4.98 Å². The topological polar surface area (TPSA) is 101 Å². The van der Waals surface area contributed by atoms with Crippen molar-refractivity contribution in [3.63, 3.8) is 0 Å². The molecule has 0 N–H and O–H groups in total. The maximum absolute atomic E-state index is 11.8. The highest BCUT2D eigenvalue weighted by Gasteiger charge is 2.47. The van der Waals surface area contributed by atoms with E-state index in [-0.39, 0.29) is 0 Å². The number of thioether (sulfide) groups is 1. The molecule has 8 nitrogen and oxygen atoms in total. The number of ether oxygens (including phenoxy) is 4. The van der Waals surface area contributed by atoms with Gasteiger partial charge in [-0.1, -0.05) is 12.1 Å². The van der Waals surface area contributed by atoms with Crippen molar-refractivity contribution < 1.29 is 33.3 Å². The second-order valence-electron chi connectivity index (χ2n) is 6.88. The van der Waals surface area contributed by atoms with Crippen molar-refractivity contribution in [2.75, 3.05) is 5.75 Å². The molecule has 0 saturated carbocycles. The number of aromatic nitrogens is 1. The van der Waals surface area contributed by atoms with Crippen LogP contribution in [0.3, 0.4) is 0 Å². The van der Waals surface area contributed by atoms with Crippen LogP contribution in [0.5, 0.6) is 5.75 Å². The normalized spacial score (nSPS) is 22.8. The van der Waals surface area contributed by atoms with E-state index in [2.05, 4.69) is 4.98 Å². The second kappa shape index (κ2) is 10.3. The lowest BCUT2D eigenvalue weighted by molar-refractivity contribution is -0.186. The first-order chi connectivity index (χ1) is 14.8. The van der Waals surface area contributed by atoms with Crippen LogP contribution in [0.15, 0.2) is 48.8 Å². The van der Waals surface area contributed by atoms with Gasteiger partial charge in [-0.2, -0.15) is 0 Å². The van der Waals surface area contributed by atoms with Gasteiger partial charge in [0.2, 0.25) is 0 Å². The highest BCUT2D eigenvalue weighted by molar-refractivity contribution is 7.99. The molecule has 3 rings (SSSR count). The maximum atomic E-state index is 11.8. The molecule has 4 atom stereocenters. The Bertz CT molecular complexity index is 936. The minimum Gasteiger partial charge on any atom is -0.476 e. The highest BCUT2D eigenvalue weighted by atomic mass is 32.2. The molecule has 9 heteroatoms. The zero-order valence-corrected chi connectivity index (χ0v) is 18.2. The van der Waals surface area contributed by atoms with Crippen LogP contribution in [0.1, 0.15) is 20.8 Å². The molecule has 0 bridgehead atoms. The zero-order valence-electron chi connectivity index (χ0n) is 17.3. The van der Waals surface area contributed by atoms with Crippen LogP contribution in [0, 0.1) is 0 Å². The van der Waals surface area contributed by atoms with Gasteiger partial charge in [0.15, 0.2) is 23.7 Å². The van der Waals surface area contributed by atoms with Crippen LogP contribution in [-0.2, 0) is 28.6 Å². The van der Waals surface area contributed by atoms with Crippen LogP contribution in [0.2, 0.25) is 0 Å². The molecule has 1 saturated heterocycles. The lowest BCUT2D eigenvalue weighted by atomic mass is 10.1. The Labute approximate surface area is 184 Å². The van der Waals surface area contributed by atoms with Gasteiger partial charge >= 0.3 is 17.9 Å². The van der Waals surface area contributed by atoms with Gasteiger partial charge in [-0.25, -0.2) is 0 Å². The van der Waals surface area contributed by atoms with Crippen molar-refractivity contribution in [3.05, 3.63) is 48.8 Å². The molecule has 164 valence electrons. The number of carbonyl (C=O) groups is 3. The van der Waals surface area contributed by atoms with E-state index in [0.29, 0.717) is 11.5 Å². The summed E-state index contributed by atoms with van der Waals surface area (Å²) in [6.45, 7) is 3.76. The molecule has 0 radical (unpaired) electrons. The van der Waals surface area contributed by atoms with Crippen molar-refractivity contribution in [3.8, 4) is 16.9 Å². The fourth-order valence-corrected chi connectivity index (χ4v) is 4.45. The van der Waals surface area contributed by atoms with Gasteiger partial charge in [-0.3, -0.25) is 19.4 Å². The van der Waals surface area contributed by atoms with E-state index in [0.717, 1.165) is 11.1 Å². The van der Waals surface area contributed by atoms with Crippen LogP contribution in [0.25, 0.3) is 11.1 Å². The molecule has 2 aromatic rings. The number of esters is 3. The lowest BCUT2D eigenvalue weighted by Crippen LogP contribution is -2.55. The van der Waals surface area contributed by atoms with Crippen LogP contribution < -0.4 is 4.74 Å². The Kier molecular flexibility index (Phi) is 7.51. The van der Waals surface area contributed by atoms with Gasteiger partial charge in [0, 0.05) is 38.9 Å². The van der Waals surface area contributed by atoms with E-state index < -0.39 is 41.7 Å². The first-order valence-electron chi connectivity index (χ1n) is 9.64. The van der Waals surface area contributed by atoms with Crippen LogP contribution >= 0.6 is 11.8 Å². The summed E-state index contributed by atoms with van der Waals surface area (Å²) in [7, 11) is 0. The summed E-state index contributed by atoms with van der Waals surface area (Å²) in [5.41, 5.74) is 1.23. The molecular weight excluding hydrogens is 422 g/mol. The monoisotopic (exact) mass is 445 g/mol. The Morgan fingerprint density at radius 1 is 0.871 bits per heavy atom. The maximum Gasteiger partial charge on any atom is 0.303 e. The molecule has 1 aromatic heterocycles. The number of nitrogens with zero attached hydrogens (tertiary/aromatic N) is 1. The third-order valence-corrected chi connectivity index (χ3v) is 5.62. The smallest absolute Gasteiger partial charge is 0.303 e. The third kappa shape index (κ3) is 6.21. The number of pyridine rings is 1. The van der Waals surface area contributed by atoms with Gasteiger partial charge in [0.1, 0.15) is 5.75 Å². The van der Waals surface area contributed by atoms with Crippen molar-refractivity contribution in [2.24, 2.45) is 0 Å². The SMILES string of the molecule is CC(=O)O[C@@H]1[C@@H](OC(C)=O)[C@H](OC(C)=O)CS[C@H]1Oc1cccc(-c2ccncc2)c1. The molecule has 1 aliphatic rings. The fourth-order valence-electron chi connectivity index (χ4n) is 3.24. The van der Waals surface area contributed by atoms with Gasteiger partial charge in [0.25, 0.3) is 0 Å². The Hall–Kier alpha value is -3.07. The Morgan fingerprint density at radius 2 is 1.52 bits per heavy atom. The van der Waals surface area contributed by atoms with Crippen LogP contribution in [-0.4, -0.2) is 52.4 Å². The van der Waals surface area contributed by atoms with Gasteiger partial charge in [-0.05, 0) is 35.4 Å². The minimum atomic E-state index is -0.986. The number of hydrogen-bond donors (Lipinski definition) is 0. The molecule has 0 spiro atoms. The molecule has 1 fully saturated rings. The average molecular weight is 445 g/mol. The molecule has 2 heterocycles. The fraction of sp³-hybridized carbons (Fsp3) is 0.364. The van der Waals surface area contributed by atoms with Crippen LogP contribution in [0.4, 0.5) is 0 Å². The number of hydrogen-bond acceptors (Lipinski definition) is 9. The number of benzene rings is 1. The summed E-state index contributed by atoms with van der Waals surface area (Å²) in [5.74, 6) is -0.801. The third-order valence-electron chi connectivity index (χ3n) is 4.40. The Morgan fingerprint density at radius 3 is 2.16 bits per heavy atom. The molecule has 0 aliphatic carbocycles. The van der Waals surface area contributed by atoms with Crippen molar-refractivity contribution in [1.29, 1.82) is 0 Å². The summed E-state index contributed by atoms with van der Waals surface area (Å²) < 4.78 is 22.3. The number of carbonyl (C=O) groups excluding carboxylic acids is 3. The predicted octanol–water partition coefficient (Wildman–Crippen LogP) is 3.00. The summed E-state index contributed by atoms with van der Waals surface area (Å²) in [4.78, 5) is 39.0. The summed E-state index contributed by atoms with van der Waals surface area (Å²) in [6.07, 6.45) is 0.693. The number of rotatable bonds is 6. The van der Waals surface area contributed by atoms with Crippen molar-refractivity contribution >= 4 is 29.7 Å². The van der Waals surface area contributed by atoms with E-state index >= 15 is 0 Å². The molecule has 0 unspecified atom stereocenters. The first kappa shape index (κ1) is 22.6. The zero-order chi connectivity index (χ0) is 22.4. The quantitative estimate of drug-likeness (QED) is 0.490. The Balaban J connectivity index is 1.86. The molecule has 1 aliphatic heterocycles. The van der Waals surface area contributed by atoms with E-state index in [1.807, 2.05) is 30.3 Å². The second-order valence-corrected chi connectivity index (χ2v) is 8.01. The van der Waals surface area contributed by atoms with Crippen molar-refractivity contribution in [2.45, 2.75) is 44.5 Å². The molecule has 0 amide bonds. The summed E-state index contributed by atoms with van der Waals surface area (Å²) in [6, 6.07) is 11.2. The van der Waals surface area contributed by atoms with E-state index in [1.165, 1.54) is 32.5 Å². The highest BCUT2D eigenvalue weighted by Crippen LogP contribution is 2.35. The van der Waals surface area contributed by atoms with Gasteiger partial charge in [0.05, 0.1) is 0 Å². The van der Waals surface area contributed by atoms with Gasteiger partial charge in [-0.15, -0.1) is 11.8 Å². The first-order valence-corrected chi connectivity index (χ1v) is 10.7. The molecular formula is C22H23NO7S. The molecule has 31 heavy (non-hydrogen) atoms. The molecule has 1 aromatic carbocycles. The summed E-state index contributed by atoms with van der Waals surface area (Å²) >= 11 is 1.31. The largest absolute Gasteiger partial charge is 0.476 e. The summed E-state index contributed by atoms with van der Waals surface area (Å²) in [5, 5.41) is 0. The van der Waals surface area contributed by atoms with E-state index in [1.54, 1.807) is 18.5 Å². The standard InChI is InChI=1S/C22H23NO7S/c1-13(24)27-19-12-31-22(21(29-15(3)26)20(19)28-14(2)25)30-18-6-4-5-17(11-18)16-7-9-23-10-8-16/h4-11,19-22H,12H2,1-3H3/t19-,20+,21-,22-/m1/s1.